The second kappa shape index (κ2) is 8.26. The number of aromatic nitrogens is 1. The first-order valence-corrected chi connectivity index (χ1v) is 10.8. The minimum Gasteiger partial charge on any atom is -0.465 e. The molecule has 1 saturated heterocycles. The lowest BCUT2D eigenvalue weighted by atomic mass is 9.82. The normalized spacial score (nSPS) is 17.5. The molecule has 0 radical (unpaired) electrons. The number of benzene rings is 1. The van der Waals surface area contributed by atoms with E-state index in [1.165, 1.54) is 7.11 Å². The number of hydrogen-bond donors (Lipinski definition) is 1. The Bertz CT molecular complexity index is 1110. The predicted octanol–water partition coefficient (Wildman–Crippen LogP) is 3.32. The topological polar surface area (TPSA) is 97.7 Å². The van der Waals surface area contributed by atoms with Crippen LogP contribution in [0.4, 0.5) is 4.79 Å². The number of amides is 3. The highest BCUT2D eigenvalue weighted by molar-refractivity contribution is 6.11. The fraction of sp³-hybridized carbons (Fsp3) is 0.417. The van der Waals surface area contributed by atoms with Crippen LogP contribution in [0.5, 0.6) is 0 Å². The van der Waals surface area contributed by atoms with E-state index >= 15 is 0 Å². The molecule has 1 saturated carbocycles. The van der Waals surface area contributed by atoms with Gasteiger partial charge in [-0.25, -0.2) is 9.59 Å². The third kappa shape index (κ3) is 3.59. The summed E-state index contributed by atoms with van der Waals surface area (Å²) < 4.78 is 6.66. The molecule has 32 heavy (non-hydrogen) atoms. The number of urea groups is 1. The Kier molecular flexibility index (Phi) is 5.62. The van der Waals surface area contributed by atoms with Crippen LogP contribution in [0.15, 0.2) is 30.3 Å². The maximum atomic E-state index is 13.1. The van der Waals surface area contributed by atoms with Crippen LogP contribution in [0.2, 0.25) is 0 Å². The zero-order valence-corrected chi connectivity index (χ0v) is 18.6. The molecule has 2 aliphatic rings. The van der Waals surface area contributed by atoms with E-state index in [9.17, 15) is 19.2 Å². The van der Waals surface area contributed by atoms with Crippen molar-refractivity contribution in [2.75, 3.05) is 13.7 Å². The molecule has 8 heteroatoms. The minimum absolute atomic E-state index is 0.293. The number of methoxy groups -OCH3 is 1. The van der Waals surface area contributed by atoms with E-state index < -0.39 is 17.5 Å². The number of hydrogen-bond acceptors (Lipinski definition) is 5. The van der Waals surface area contributed by atoms with E-state index in [0.29, 0.717) is 29.7 Å². The van der Waals surface area contributed by atoms with Crippen molar-refractivity contribution in [3.8, 4) is 5.69 Å². The Hall–Kier alpha value is -3.42. The quantitative estimate of drug-likeness (QED) is 0.440. The average molecular weight is 437 g/mol. The van der Waals surface area contributed by atoms with Gasteiger partial charge < -0.3 is 14.6 Å². The molecule has 2 aromatic rings. The number of ether oxygens (including phenoxy) is 1. The lowest BCUT2D eigenvalue weighted by Gasteiger charge is -2.30. The number of Topliss-reactive ketones (excluding diaryl/α,β-unsaturated/α-hetero) is 1. The van der Waals surface area contributed by atoms with Crippen molar-refractivity contribution in [3.63, 3.8) is 0 Å². The maximum absolute atomic E-state index is 13.1. The molecule has 4 rings (SSSR count). The van der Waals surface area contributed by atoms with Crippen LogP contribution in [0, 0.1) is 13.8 Å². The van der Waals surface area contributed by atoms with Gasteiger partial charge >= 0.3 is 12.0 Å². The predicted molar refractivity (Wildman–Crippen MR) is 117 cm³/mol. The number of imide groups is 1. The monoisotopic (exact) mass is 437 g/mol. The van der Waals surface area contributed by atoms with E-state index in [4.69, 9.17) is 4.74 Å². The van der Waals surface area contributed by atoms with Crippen LogP contribution in [0.1, 0.15) is 64.2 Å². The highest BCUT2D eigenvalue weighted by Crippen LogP contribution is 2.34. The van der Waals surface area contributed by atoms with Crippen LogP contribution in [-0.2, 0) is 9.53 Å². The van der Waals surface area contributed by atoms with Gasteiger partial charge in [0.2, 0.25) is 0 Å². The molecule has 1 aromatic heterocycles. The third-order valence-corrected chi connectivity index (χ3v) is 6.51. The van der Waals surface area contributed by atoms with Crippen molar-refractivity contribution >= 4 is 23.7 Å². The largest absolute Gasteiger partial charge is 0.465 e. The highest BCUT2D eigenvalue weighted by Gasteiger charge is 2.51. The summed E-state index contributed by atoms with van der Waals surface area (Å²) in [6.07, 6.45) is 4.06. The lowest BCUT2D eigenvalue weighted by molar-refractivity contribution is -0.132. The molecule has 2 fully saturated rings. The smallest absolute Gasteiger partial charge is 0.337 e. The Morgan fingerprint density at radius 2 is 1.81 bits per heavy atom. The lowest BCUT2D eigenvalue weighted by Crippen LogP contribution is -2.48. The van der Waals surface area contributed by atoms with Crippen molar-refractivity contribution in [1.82, 2.24) is 14.8 Å². The summed E-state index contributed by atoms with van der Waals surface area (Å²) in [7, 11) is 1.32. The second-order valence-corrected chi connectivity index (χ2v) is 8.55. The molecular formula is C24H27N3O5. The Labute approximate surface area is 186 Å². The summed E-state index contributed by atoms with van der Waals surface area (Å²) >= 11 is 0. The fourth-order valence-electron chi connectivity index (χ4n) is 4.88. The van der Waals surface area contributed by atoms with Gasteiger partial charge in [-0.3, -0.25) is 14.5 Å². The van der Waals surface area contributed by atoms with E-state index in [1.54, 1.807) is 31.2 Å². The fourth-order valence-corrected chi connectivity index (χ4v) is 4.88. The van der Waals surface area contributed by atoms with E-state index in [1.807, 2.05) is 17.6 Å². The number of aryl methyl sites for hydroxylation is 1. The van der Waals surface area contributed by atoms with Crippen molar-refractivity contribution in [3.05, 3.63) is 52.8 Å². The Balaban J connectivity index is 1.59. The Morgan fingerprint density at radius 3 is 2.50 bits per heavy atom. The van der Waals surface area contributed by atoms with Crippen molar-refractivity contribution in [2.45, 2.75) is 51.5 Å². The van der Waals surface area contributed by atoms with Gasteiger partial charge in [-0.1, -0.05) is 25.3 Å². The average Bonchev–Trinajstić information content (AvgIpc) is 3.21. The van der Waals surface area contributed by atoms with Gasteiger partial charge in [0.25, 0.3) is 5.91 Å². The molecule has 0 unspecified atom stereocenters. The van der Waals surface area contributed by atoms with Gasteiger partial charge in [0.15, 0.2) is 5.78 Å². The summed E-state index contributed by atoms with van der Waals surface area (Å²) in [5.74, 6) is -1.04. The number of esters is 1. The summed E-state index contributed by atoms with van der Waals surface area (Å²) in [5.41, 5.74) is 2.19. The first-order valence-electron chi connectivity index (χ1n) is 10.8. The van der Waals surface area contributed by atoms with Gasteiger partial charge in [0.05, 0.1) is 19.2 Å². The van der Waals surface area contributed by atoms with Crippen LogP contribution >= 0.6 is 0 Å². The zero-order valence-electron chi connectivity index (χ0n) is 18.6. The van der Waals surface area contributed by atoms with E-state index in [2.05, 4.69) is 5.32 Å². The number of carbonyl (C=O) groups is 4. The first kappa shape index (κ1) is 21.8. The van der Waals surface area contributed by atoms with Gasteiger partial charge in [0, 0.05) is 22.6 Å². The molecule has 0 bridgehead atoms. The number of carbonyl (C=O) groups excluding carboxylic acids is 4. The molecule has 0 atom stereocenters. The van der Waals surface area contributed by atoms with Gasteiger partial charge in [-0.2, -0.15) is 0 Å². The van der Waals surface area contributed by atoms with Crippen molar-refractivity contribution < 1.29 is 23.9 Å². The maximum Gasteiger partial charge on any atom is 0.337 e. The van der Waals surface area contributed by atoms with Crippen LogP contribution < -0.4 is 5.32 Å². The second-order valence-electron chi connectivity index (χ2n) is 8.55. The number of rotatable bonds is 5. The number of nitrogens with one attached hydrogen (secondary N) is 1. The molecule has 8 nitrogen and oxygen atoms in total. The summed E-state index contributed by atoms with van der Waals surface area (Å²) in [6.45, 7) is 3.37. The van der Waals surface area contributed by atoms with Crippen LogP contribution in [-0.4, -0.2) is 52.4 Å². The summed E-state index contributed by atoms with van der Waals surface area (Å²) in [6, 6.07) is 8.20. The molecule has 2 heterocycles. The van der Waals surface area contributed by atoms with E-state index in [-0.39, 0.29) is 18.2 Å². The van der Waals surface area contributed by atoms with Gasteiger partial charge in [-0.15, -0.1) is 0 Å². The molecule has 1 spiro atoms. The van der Waals surface area contributed by atoms with E-state index in [0.717, 1.165) is 35.5 Å². The highest BCUT2D eigenvalue weighted by atomic mass is 16.5. The van der Waals surface area contributed by atoms with Gasteiger partial charge in [0.1, 0.15) is 5.54 Å². The standard InChI is InChI=1S/C24H27N3O5/c1-15-12-19(16(2)27(15)18-9-7-8-17(13-18)21(29)32-3)20(28)14-26-22(30)24(25-23(26)31)10-5-4-6-11-24/h7-9,12-13H,4-6,10-11,14H2,1-3H3,(H,25,31). The SMILES string of the molecule is COC(=O)c1cccc(-n2c(C)cc(C(=O)CN3C(=O)NC4(CCCCC4)C3=O)c2C)c1. The molecule has 168 valence electrons. The molecule has 1 N–H and O–H groups in total. The summed E-state index contributed by atoms with van der Waals surface area (Å²) in [5, 5.41) is 2.84. The van der Waals surface area contributed by atoms with Crippen LogP contribution in [0.25, 0.3) is 5.69 Å². The first-order chi connectivity index (χ1) is 15.3. The third-order valence-electron chi connectivity index (χ3n) is 6.51. The molecule has 1 aliphatic carbocycles. The zero-order chi connectivity index (χ0) is 23.0. The van der Waals surface area contributed by atoms with Gasteiger partial charge in [-0.05, 0) is 51.0 Å². The van der Waals surface area contributed by atoms with Crippen molar-refractivity contribution in [1.29, 1.82) is 0 Å². The number of ketones is 1. The molecule has 3 amide bonds. The Morgan fingerprint density at radius 1 is 1.09 bits per heavy atom. The number of nitrogens with zero attached hydrogens (tertiary/aromatic N) is 2. The molecule has 1 aromatic carbocycles. The molecular weight excluding hydrogens is 410 g/mol. The van der Waals surface area contributed by atoms with Crippen molar-refractivity contribution in [2.24, 2.45) is 0 Å². The van der Waals surface area contributed by atoms with Crippen LogP contribution in [0.3, 0.4) is 0 Å². The molecule has 1 aliphatic heterocycles. The summed E-state index contributed by atoms with van der Waals surface area (Å²) in [4.78, 5) is 51.6. The minimum atomic E-state index is -0.846.